The van der Waals surface area contributed by atoms with Crippen LogP contribution < -0.4 is 10.1 Å². The Morgan fingerprint density at radius 2 is 1.86 bits per heavy atom. The second-order valence-electron chi connectivity index (χ2n) is 9.12. The smallest absolute Gasteiger partial charge is 0.228 e. The number of unbranched alkanes of at least 4 members (excludes halogenated alkanes) is 1. The zero-order valence-electron chi connectivity index (χ0n) is 20.7. The van der Waals surface area contributed by atoms with Crippen molar-refractivity contribution in [3.63, 3.8) is 0 Å². The molecule has 9 heteroatoms. The average molecular weight is 528 g/mol. The fraction of sp³-hybridized carbons (Fsp3) is 0.407. The number of aliphatic hydroxyl groups excluding tert-OH is 1. The minimum atomic E-state index is -0.219. The standard InChI is InChI=1S/C27H31Cl2N5O2/c1-30-25-16-31-23-12-18(6-4-5-7-34-10-8-33(2)9-11-34)26(36-3)14-20(23)27(25)32-24-13-19(17-35)21(28)15-22(24)29/h12-16,35H,4-11,17H2,2-3H3,(H,31,32). The van der Waals surface area contributed by atoms with Crippen LogP contribution in [0, 0.1) is 6.57 Å². The number of aromatic nitrogens is 1. The lowest BCUT2D eigenvalue weighted by Gasteiger charge is -2.32. The molecule has 0 amide bonds. The summed E-state index contributed by atoms with van der Waals surface area (Å²) in [6, 6.07) is 7.26. The number of aryl methyl sites for hydroxylation is 1. The third-order valence-electron chi connectivity index (χ3n) is 6.70. The third kappa shape index (κ3) is 6.03. The molecule has 1 aliphatic heterocycles. The molecule has 2 heterocycles. The van der Waals surface area contributed by atoms with Crippen LogP contribution in [0.5, 0.6) is 5.75 Å². The summed E-state index contributed by atoms with van der Waals surface area (Å²) in [5.41, 5.74) is 3.91. The summed E-state index contributed by atoms with van der Waals surface area (Å²) in [4.78, 5) is 13.1. The van der Waals surface area contributed by atoms with Crippen molar-refractivity contribution in [2.45, 2.75) is 25.9 Å². The lowest BCUT2D eigenvalue weighted by atomic mass is 10.0. The second kappa shape index (κ2) is 12.1. The van der Waals surface area contributed by atoms with Gasteiger partial charge in [0.2, 0.25) is 5.69 Å². The SMILES string of the molecule is [C-]#[N+]c1cnc2cc(CCCCN3CCN(C)CC3)c(OC)cc2c1Nc1cc(CO)c(Cl)cc1Cl. The van der Waals surface area contributed by atoms with Crippen LogP contribution in [0.1, 0.15) is 24.0 Å². The molecular weight excluding hydrogens is 497 g/mol. The first-order chi connectivity index (χ1) is 17.4. The van der Waals surface area contributed by atoms with Crippen molar-refractivity contribution < 1.29 is 9.84 Å². The molecule has 190 valence electrons. The summed E-state index contributed by atoms with van der Waals surface area (Å²) >= 11 is 12.6. The maximum Gasteiger partial charge on any atom is 0.228 e. The van der Waals surface area contributed by atoms with E-state index in [0.29, 0.717) is 32.7 Å². The highest BCUT2D eigenvalue weighted by molar-refractivity contribution is 6.37. The predicted octanol–water partition coefficient (Wildman–Crippen LogP) is 5.91. The van der Waals surface area contributed by atoms with Gasteiger partial charge in [-0.25, -0.2) is 4.85 Å². The van der Waals surface area contributed by atoms with Gasteiger partial charge in [-0.3, -0.25) is 4.98 Å². The van der Waals surface area contributed by atoms with E-state index in [1.54, 1.807) is 25.4 Å². The van der Waals surface area contributed by atoms with Crippen molar-refractivity contribution in [1.29, 1.82) is 0 Å². The Kier molecular flexibility index (Phi) is 8.89. The van der Waals surface area contributed by atoms with Gasteiger partial charge in [-0.1, -0.05) is 23.2 Å². The van der Waals surface area contributed by atoms with Gasteiger partial charge < -0.3 is 25.0 Å². The third-order valence-corrected chi connectivity index (χ3v) is 7.37. The molecule has 2 aromatic carbocycles. The lowest BCUT2D eigenvalue weighted by molar-refractivity contribution is 0.152. The Morgan fingerprint density at radius 3 is 2.56 bits per heavy atom. The summed E-state index contributed by atoms with van der Waals surface area (Å²) < 4.78 is 5.74. The van der Waals surface area contributed by atoms with Gasteiger partial charge in [0.05, 0.1) is 42.2 Å². The molecule has 1 aromatic heterocycles. The zero-order valence-corrected chi connectivity index (χ0v) is 22.2. The number of aliphatic hydroxyl groups is 1. The van der Waals surface area contributed by atoms with Gasteiger partial charge in [-0.05, 0) is 68.2 Å². The number of likely N-dealkylation sites (N-methyl/N-ethyl adjacent to an activating group) is 1. The Balaban J connectivity index is 1.57. The van der Waals surface area contributed by atoms with Crippen molar-refractivity contribution in [1.82, 2.24) is 14.8 Å². The number of nitrogens with zero attached hydrogens (tertiary/aromatic N) is 4. The van der Waals surface area contributed by atoms with E-state index >= 15 is 0 Å². The normalized spacial score (nSPS) is 14.7. The molecule has 0 atom stereocenters. The molecule has 7 nitrogen and oxygen atoms in total. The van der Waals surface area contributed by atoms with Crippen LogP contribution in [-0.2, 0) is 13.0 Å². The number of anilines is 2. The maximum atomic E-state index is 9.61. The van der Waals surface area contributed by atoms with E-state index in [-0.39, 0.29) is 6.61 Å². The molecule has 0 unspecified atom stereocenters. The largest absolute Gasteiger partial charge is 0.496 e. The number of nitrogens with one attached hydrogen (secondary N) is 1. The summed E-state index contributed by atoms with van der Waals surface area (Å²) in [6.45, 7) is 13.1. The van der Waals surface area contributed by atoms with Crippen LogP contribution in [-0.4, -0.2) is 66.8 Å². The predicted molar refractivity (Wildman–Crippen MR) is 147 cm³/mol. The van der Waals surface area contributed by atoms with Crippen LogP contribution >= 0.6 is 23.2 Å². The van der Waals surface area contributed by atoms with Gasteiger partial charge in [-0.2, -0.15) is 0 Å². The molecule has 3 aromatic rings. The Labute approximate surface area is 222 Å². The van der Waals surface area contributed by atoms with Crippen LogP contribution in [0.15, 0.2) is 30.5 Å². The maximum absolute atomic E-state index is 9.61. The Hall–Kier alpha value is -2.60. The molecule has 1 fully saturated rings. The van der Waals surface area contributed by atoms with Crippen LogP contribution in [0.3, 0.4) is 0 Å². The first-order valence-corrected chi connectivity index (χ1v) is 12.8. The average Bonchev–Trinajstić information content (AvgIpc) is 2.88. The molecule has 4 rings (SSSR count). The molecule has 1 aliphatic rings. The first kappa shape index (κ1) is 26.5. The monoisotopic (exact) mass is 527 g/mol. The minimum Gasteiger partial charge on any atom is -0.496 e. The number of methoxy groups -OCH3 is 1. The second-order valence-corrected chi connectivity index (χ2v) is 9.93. The van der Waals surface area contributed by atoms with E-state index in [9.17, 15) is 5.11 Å². The van der Waals surface area contributed by atoms with Gasteiger partial charge in [0.25, 0.3) is 0 Å². The molecular formula is C27H31Cl2N5O2. The fourth-order valence-electron chi connectivity index (χ4n) is 4.52. The highest BCUT2D eigenvalue weighted by Gasteiger charge is 2.17. The Bertz CT molecular complexity index is 1270. The topological polar surface area (TPSA) is 65.2 Å². The van der Waals surface area contributed by atoms with Crippen molar-refractivity contribution in [3.05, 3.63) is 63.1 Å². The molecule has 0 bridgehead atoms. The van der Waals surface area contributed by atoms with Gasteiger partial charge >= 0.3 is 0 Å². The highest BCUT2D eigenvalue weighted by atomic mass is 35.5. The van der Waals surface area contributed by atoms with Crippen LogP contribution in [0.4, 0.5) is 17.1 Å². The van der Waals surface area contributed by atoms with E-state index in [1.807, 2.05) is 12.1 Å². The number of hydrogen-bond acceptors (Lipinski definition) is 6. The number of hydrogen-bond donors (Lipinski definition) is 2. The van der Waals surface area contributed by atoms with Gasteiger partial charge in [0.1, 0.15) is 5.75 Å². The molecule has 1 saturated heterocycles. The number of rotatable bonds is 9. The number of pyridine rings is 1. The molecule has 0 aliphatic carbocycles. The molecule has 0 spiro atoms. The number of halogens is 2. The summed E-state index contributed by atoms with van der Waals surface area (Å²) in [5.74, 6) is 0.771. The first-order valence-electron chi connectivity index (χ1n) is 12.1. The molecule has 36 heavy (non-hydrogen) atoms. The number of benzene rings is 2. The minimum absolute atomic E-state index is 0.219. The van der Waals surface area contributed by atoms with Gasteiger partial charge in [0.15, 0.2) is 0 Å². The van der Waals surface area contributed by atoms with Crippen LogP contribution in [0.2, 0.25) is 10.0 Å². The number of ether oxygens (including phenoxy) is 1. The van der Waals surface area contributed by atoms with Gasteiger partial charge in [-0.15, -0.1) is 0 Å². The van der Waals surface area contributed by atoms with E-state index in [4.69, 9.17) is 34.5 Å². The van der Waals surface area contributed by atoms with Crippen molar-refractivity contribution in [2.75, 3.05) is 52.2 Å². The molecule has 2 N–H and O–H groups in total. The van der Waals surface area contributed by atoms with Gasteiger partial charge in [0, 0.05) is 42.8 Å². The molecule has 0 radical (unpaired) electrons. The summed E-state index contributed by atoms with van der Waals surface area (Å²) in [7, 11) is 3.84. The van der Waals surface area contributed by atoms with E-state index in [2.05, 4.69) is 32.0 Å². The fourth-order valence-corrected chi connectivity index (χ4v) is 5.01. The van der Waals surface area contributed by atoms with E-state index in [0.717, 1.165) is 74.2 Å². The zero-order chi connectivity index (χ0) is 25.7. The van der Waals surface area contributed by atoms with Crippen molar-refractivity contribution >= 4 is 51.2 Å². The number of piperazine rings is 1. The van der Waals surface area contributed by atoms with Crippen molar-refractivity contribution in [2.24, 2.45) is 0 Å². The van der Waals surface area contributed by atoms with E-state index < -0.39 is 0 Å². The molecule has 0 saturated carbocycles. The van der Waals surface area contributed by atoms with Crippen molar-refractivity contribution in [3.8, 4) is 5.75 Å². The summed E-state index contributed by atoms with van der Waals surface area (Å²) in [6.07, 6.45) is 4.65. The lowest BCUT2D eigenvalue weighted by Crippen LogP contribution is -2.44. The highest BCUT2D eigenvalue weighted by Crippen LogP contribution is 2.40. The quantitative estimate of drug-likeness (QED) is 0.266. The van der Waals surface area contributed by atoms with Crippen LogP contribution in [0.25, 0.3) is 15.7 Å². The van der Waals surface area contributed by atoms with E-state index in [1.165, 1.54) is 0 Å². The Morgan fingerprint density at radius 1 is 1.08 bits per heavy atom. The number of fused-ring (bicyclic) bond motifs is 1. The summed E-state index contributed by atoms with van der Waals surface area (Å²) in [5, 5.41) is 14.4.